The number of carbonyl (C=O) groups is 1. The van der Waals surface area contributed by atoms with Crippen LogP contribution in [0.15, 0.2) is 0 Å². The van der Waals surface area contributed by atoms with Crippen LogP contribution in [0.2, 0.25) is 0 Å². The van der Waals surface area contributed by atoms with Crippen molar-refractivity contribution in [3.05, 3.63) is 0 Å². The van der Waals surface area contributed by atoms with Crippen molar-refractivity contribution >= 4 is 5.78 Å². The van der Waals surface area contributed by atoms with Gasteiger partial charge in [-0.05, 0) is 25.2 Å². The van der Waals surface area contributed by atoms with E-state index in [1.165, 1.54) is 12.8 Å². The molecule has 2 nitrogen and oxygen atoms in total. The van der Waals surface area contributed by atoms with E-state index in [0.29, 0.717) is 24.2 Å². The Morgan fingerprint density at radius 3 is 2.36 bits per heavy atom. The average Bonchev–Trinajstić information content (AvgIpc) is 2.65. The normalized spacial score (nSPS) is 20.3. The van der Waals surface area contributed by atoms with Crippen LogP contribution in [0.1, 0.15) is 46.0 Å². The van der Waals surface area contributed by atoms with E-state index in [1.54, 1.807) is 0 Å². The number of carbonyl (C=O) groups excluding carboxylic acids is 1. The molecule has 0 aliphatic heterocycles. The first-order chi connectivity index (χ1) is 6.65. The summed E-state index contributed by atoms with van der Waals surface area (Å²) in [4.78, 5) is 12.0. The summed E-state index contributed by atoms with van der Waals surface area (Å²) in [6, 6.07) is 0. The maximum Gasteiger partial charge on any atom is 0.140 e. The van der Waals surface area contributed by atoms with Crippen LogP contribution in [0.3, 0.4) is 0 Å². The SMILES string of the molecule is CC(C)CC(CN)C(=O)C1CCCC1. The molecule has 82 valence electrons. The van der Waals surface area contributed by atoms with E-state index >= 15 is 0 Å². The molecule has 14 heavy (non-hydrogen) atoms. The molecule has 1 fully saturated rings. The van der Waals surface area contributed by atoms with Gasteiger partial charge in [-0.25, -0.2) is 0 Å². The first kappa shape index (κ1) is 11.7. The van der Waals surface area contributed by atoms with Crippen LogP contribution < -0.4 is 5.73 Å². The monoisotopic (exact) mass is 197 g/mol. The molecular weight excluding hydrogens is 174 g/mol. The van der Waals surface area contributed by atoms with Gasteiger partial charge in [0.2, 0.25) is 0 Å². The van der Waals surface area contributed by atoms with Crippen LogP contribution >= 0.6 is 0 Å². The molecule has 1 aliphatic carbocycles. The van der Waals surface area contributed by atoms with E-state index in [4.69, 9.17) is 5.73 Å². The third kappa shape index (κ3) is 3.09. The lowest BCUT2D eigenvalue weighted by atomic mass is 9.86. The molecule has 2 N–H and O–H groups in total. The maximum atomic E-state index is 12.0. The molecule has 2 heteroatoms. The first-order valence-electron chi connectivity index (χ1n) is 5.89. The molecule has 0 radical (unpaired) electrons. The van der Waals surface area contributed by atoms with Crippen molar-refractivity contribution in [2.24, 2.45) is 23.5 Å². The zero-order chi connectivity index (χ0) is 10.6. The van der Waals surface area contributed by atoms with Gasteiger partial charge >= 0.3 is 0 Å². The maximum absolute atomic E-state index is 12.0. The summed E-state index contributed by atoms with van der Waals surface area (Å²) < 4.78 is 0. The molecule has 1 unspecified atom stereocenters. The summed E-state index contributed by atoms with van der Waals surface area (Å²) >= 11 is 0. The third-order valence-electron chi connectivity index (χ3n) is 3.20. The average molecular weight is 197 g/mol. The van der Waals surface area contributed by atoms with Gasteiger partial charge in [-0.15, -0.1) is 0 Å². The standard InChI is InChI=1S/C12H23NO/c1-9(2)7-11(8-13)12(14)10-5-3-4-6-10/h9-11H,3-8,13H2,1-2H3. The van der Waals surface area contributed by atoms with E-state index < -0.39 is 0 Å². The number of hydrogen-bond acceptors (Lipinski definition) is 2. The molecule has 1 rings (SSSR count). The van der Waals surface area contributed by atoms with Gasteiger partial charge in [0.1, 0.15) is 5.78 Å². The third-order valence-corrected chi connectivity index (χ3v) is 3.20. The second-order valence-corrected chi connectivity index (χ2v) is 4.95. The molecule has 0 aromatic carbocycles. The smallest absolute Gasteiger partial charge is 0.140 e. The number of hydrogen-bond donors (Lipinski definition) is 1. The fourth-order valence-corrected chi connectivity index (χ4v) is 2.44. The molecule has 0 aromatic heterocycles. The first-order valence-corrected chi connectivity index (χ1v) is 5.89. The minimum Gasteiger partial charge on any atom is -0.330 e. The highest BCUT2D eigenvalue weighted by molar-refractivity contribution is 5.83. The van der Waals surface area contributed by atoms with Crippen molar-refractivity contribution < 1.29 is 4.79 Å². The van der Waals surface area contributed by atoms with Crippen LogP contribution in [0.4, 0.5) is 0 Å². The molecule has 0 spiro atoms. The van der Waals surface area contributed by atoms with Gasteiger partial charge in [-0.3, -0.25) is 4.79 Å². The number of rotatable bonds is 5. The lowest BCUT2D eigenvalue weighted by molar-refractivity contribution is -0.126. The van der Waals surface area contributed by atoms with Crippen molar-refractivity contribution in [3.63, 3.8) is 0 Å². The van der Waals surface area contributed by atoms with Gasteiger partial charge in [-0.2, -0.15) is 0 Å². The number of nitrogens with two attached hydrogens (primary N) is 1. The summed E-state index contributed by atoms with van der Waals surface area (Å²) in [5.74, 6) is 1.48. The van der Waals surface area contributed by atoms with Gasteiger partial charge in [0.05, 0.1) is 0 Å². The molecule has 1 atom stereocenters. The largest absolute Gasteiger partial charge is 0.330 e. The Morgan fingerprint density at radius 1 is 1.36 bits per heavy atom. The minimum atomic E-state index is 0.123. The van der Waals surface area contributed by atoms with Crippen molar-refractivity contribution in [1.29, 1.82) is 0 Å². The Labute approximate surface area is 87.2 Å². The summed E-state index contributed by atoms with van der Waals surface area (Å²) in [5.41, 5.74) is 5.67. The predicted octanol–water partition coefficient (Wildman–Crippen LogP) is 2.37. The minimum absolute atomic E-state index is 0.123. The quantitative estimate of drug-likeness (QED) is 0.735. The number of Topliss-reactive ketones (excluding diaryl/α,β-unsaturated/α-hetero) is 1. The summed E-state index contributed by atoms with van der Waals surface area (Å²) in [5, 5.41) is 0. The molecule has 0 heterocycles. The fraction of sp³-hybridized carbons (Fsp3) is 0.917. The Morgan fingerprint density at radius 2 is 1.93 bits per heavy atom. The van der Waals surface area contributed by atoms with Crippen LogP contribution in [-0.4, -0.2) is 12.3 Å². The van der Waals surface area contributed by atoms with Crippen molar-refractivity contribution in [1.82, 2.24) is 0 Å². The molecule has 0 aromatic rings. The summed E-state index contributed by atoms with van der Waals surface area (Å²) in [6.07, 6.45) is 5.64. The zero-order valence-corrected chi connectivity index (χ0v) is 9.46. The van der Waals surface area contributed by atoms with E-state index in [0.717, 1.165) is 19.3 Å². The van der Waals surface area contributed by atoms with E-state index in [-0.39, 0.29) is 5.92 Å². The fourth-order valence-electron chi connectivity index (χ4n) is 2.44. The van der Waals surface area contributed by atoms with Crippen LogP contribution in [0.5, 0.6) is 0 Å². The Balaban J connectivity index is 2.46. The highest BCUT2D eigenvalue weighted by atomic mass is 16.1. The topological polar surface area (TPSA) is 43.1 Å². The molecule has 0 bridgehead atoms. The van der Waals surface area contributed by atoms with E-state index in [1.807, 2.05) is 0 Å². The lowest BCUT2D eigenvalue weighted by Gasteiger charge is -2.19. The van der Waals surface area contributed by atoms with Crippen molar-refractivity contribution in [2.75, 3.05) is 6.54 Å². The van der Waals surface area contributed by atoms with Gasteiger partial charge in [0.15, 0.2) is 0 Å². The Bertz CT molecular complexity index is 183. The Hall–Kier alpha value is -0.370. The molecule has 0 amide bonds. The van der Waals surface area contributed by atoms with Crippen LogP contribution in [0, 0.1) is 17.8 Å². The molecular formula is C12H23NO. The second-order valence-electron chi connectivity index (χ2n) is 4.95. The van der Waals surface area contributed by atoms with Gasteiger partial charge in [0.25, 0.3) is 0 Å². The highest BCUT2D eigenvalue weighted by Crippen LogP contribution is 2.29. The number of ketones is 1. The zero-order valence-electron chi connectivity index (χ0n) is 9.46. The molecule has 0 saturated heterocycles. The summed E-state index contributed by atoms with van der Waals surface area (Å²) in [6.45, 7) is 4.85. The van der Waals surface area contributed by atoms with Crippen molar-refractivity contribution in [2.45, 2.75) is 46.0 Å². The molecule has 1 aliphatic rings. The lowest BCUT2D eigenvalue weighted by Crippen LogP contribution is -2.29. The summed E-state index contributed by atoms with van der Waals surface area (Å²) in [7, 11) is 0. The second kappa shape index (κ2) is 5.50. The van der Waals surface area contributed by atoms with Crippen molar-refractivity contribution in [3.8, 4) is 0 Å². The molecule has 1 saturated carbocycles. The predicted molar refractivity (Wildman–Crippen MR) is 59.0 cm³/mol. The van der Waals surface area contributed by atoms with E-state index in [9.17, 15) is 4.79 Å². The van der Waals surface area contributed by atoms with Gasteiger partial charge < -0.3 is 5.73 Å². The Kier molecular flexibility index (Phi) is 4.59. The highest BCUT2D eigenvalue weighted by Gasteiger charge is 2.28. The van der Waals surface area contributed by atoms with Crippen LogP contribution in [0.25, 0.3) is 0 Å². The van der Waals surface area contributed by atoms with E-state index in [2.05, 4.69) is 13.8 Å². The van der Waals surface area contributed by atoms with Gasteiger partial charge in [-0.1, -0.05) is 26.7 Å². The van der Waals surface area contributed by atoms with Crippen LogP contribution in [-0.2, 0) is 4.79 Å². The van der Waals surface area contributed by atoms with Gasteiger partial charge in [0, 0.05) is 18.4 Å².